The van der Waals surface area contributed by atoms with Crippen molar-refractivity contribution in [2.75, 3.05) is 13.7 Å². The molecule has 132 valence electrons. The van der Waals surface area contributed by atoms with Gasteiger partial charge < -0.3 is 9.47 Å². The lowest BCUT2D eigenvalue weighted by Gasteiger charge is -2.08. The van der Waals surface area contributed by atoms with Gasteiger partial charge >= 0.3 is 0 Å². The summed E-state index contributed by atoms with van der Waals surface area (Å²) in [4.78, 5) is 16.3. The summed E-state index contributed by atoms with van der Waals surface area (Å²) in [6.07, 6.45) is 2.61. The number of carbonyl (C=O) groups is 1. The van der Waals surface area contributed by atoms with Crippen molar-refractivity contribution < 1.29 is 14.3 Å². The molecule has 2 aromatic carbocycles. The molecule has 3 rings (SSSR count). The molecule has 26 heavy (non-hydrogen) atoms. The number of ketones is 1. The van der Waals surface area contributed by atoms with E-state index < -0.39 is 0 Å². The van der Waals surface area contributed by atoms with Gasteiger partial charge in [0, 0.05) is 19.0 Å². The maximum absolute atomic E-state index is 12.1. The normalized spacial score (nSPS) is 10.3. The second kappa shape index (κ2) is 8.81. The van der Waals surface area contributed by atoms with Gasteiger partial charge in [0.2, 0.25) is 0 Å². The Balaban J connectivity index is 1.50. The van der Waals surface area contributed by atoms with Gasteiger partial charge in [0.15, 0.2) is 5.78 Å². The summed E-state index contributed by atoms with van der Waals surface area (Å²) in [5.41, 5.74) is 3.06. The first kappa shape index (κ1) is 17.7. The van der Waals surface area contributed by atoms with Crippen molar-refractivity contribution in [1.82, 2.24) is 4.98 Å². The quantitative estimate of drug-likeness (QED) is 0.608. The van der Waals surface area contributed by atoms with Gasteiger partial charge in [-0.25, -0.2) is 0 Å². The molecule has 0 spiro atoms. The van der Waals surface area contributed by atoms with Gasteiger partial charge in [0.05, 0.1) is 12.8 Å². The average molecular weight is 347 g/mol. The number of aromatic nitrogens is 1. The predicted molar refractivity (Wildman–Crippen MR) is 101 cm³/mol. The first-order valence-corrected chi connectivity index (χ1v) is 8.54. The van der Waals surface area contributed by atoms with Crippen LogP contribution in [0.5, 0.6) is 11.5 Å². The summed E-state index contributed by atoms with van der Waals surface area (Å²) in [6.45, 7) is 0.0554. The Morgan fingerprint density at radius 2 is 1.65 bits per heavy atom. The third-order valence-corrected chi connectivity index (χ3v) is 4.07. The SMILES string of the molecule is COc1cccnc1CCC(=O)COc1ccc(-c2ccccc2)cc1. The standard InChI is InChI=1S/C22H21NO3/c1-25-22-8-5-15-23-21(22)14-11-19(24)16-26-20-12-9-18(10-13-20)17-6-3-2-4-7-17/h2-10,12-13,15H,11,14,16H2,1H3. The molecular formula is C22H21NO3. The van der Waals surface area contributed by atoms with Crippen LogP contribution in [0.1, 0.15) is 12.1 Å². The van der Waals surface area contributed by atoms with Crippen molar-refractivity contribution in [3.05, 3.63) is 78.6 Å². The van der Waals surface area contributed by atoms with Crippen LogP contribution in [0, 0.1) is 0 Å². The first-order chi connectivity index (χ1) is 12.8. The van der Waals surface area contributed by atoms with Gasteiger partial charge in [0.1, 0.15) is 18.1 Å². The monoisotopic (exact) mass is 347 g/mol. The van der Waals surface area contributed by atoms with Gasteiger partial charge in [-0.1, -0.05) is 42.5 Å². The number of nitrogens with zero attached hydrogens (tertiary/aromatic N) is 1. The number of rotatable bonds is 8. The van der Waals surface area contributed by atoms with E-state index in [2.05, 4.69) is 17.1 Å². The molecule has 0 saturated heterocycles. The predicted octanol–water partition coefficient (Wildman–Crippen LogP) is 4.34. The maximum atomic E-state index is 12.1. The van der Waals surface area contributed by atoms with Gasteiger partial charge in [-0.05, 0) is 35.4 Å². The zero-order valence-corrected chi connectivity index (χ0v) is 14.7. The Morgan fingerprint density at radius 1 is 0.923 bits per heavy atom. The molecule has 0 bridgehead atoms. The third kappa shape index (κ3) is 4.70. The molecule has 0 fully saturated rings. The van der Waals surface area contributed by atoms with Crippen LogP contribution < -0.4 is 9.47 Å². The number of carbonyl (C=O) groups excluding carboxylic acids is 1. The molecule has 0 aliphatic rings. The fourth-order valence-corrected chi connectivity index (χ4v) is 2.66. The van der Waals surface area contributed by atoms with E-state index in [1.165, 1.54) is 0 Å². The Bertz CT molecular complexity index is 845. The van der Waals surface area contributed by atoms with Gasteiger partial charge in [-0.3, -0.25) is 9.78 Å². The highest BCUT2D eigenvalue weighted by atomic mass is 16.5. The van der Waals surface area contributed by atoms with Crippen LogP contribution in [-0.4, -0.2) is 24.5 Å². The largest absolute Gasteiger partial charge is 0.495 e. The van der Waals surface area contributed by atoms with Gasteiger partial charge in [0.25, 0.3) is 0 Å². The fourth-order valence-electron chi connectivity index (χ4n) is 2.66. The molecule has 1 aromatic heterocycles. The topological polar surface area (TPSA) is 48.4 Å². The van der Waals surface area contributed by atoms with Gasteiger partial charge in [-0.2, -0.15) is 0 Å². The molecular weight excluding hydrogens is 326 g/mol. The molecule has 0 saturated carbocycles. The lowest BCUT2D eigenvalue weighted by Crippen LogP contribution is -2.12. The molecule has 1 heterocycles. The van der Waals surface area contributed by atoms with Crippen LogP contribution >= 0.6 is 0 Å². The van der Waals surface area contributed by atoms with E-state index in [-0.39, 0.29) is 12.4 Å². The zero-order valence-electron chi connectivity index (χ0n) is 14.7. The second-order valence-electron chi connectivity index (χ2n) is 5.87. The molecule has 0 unspecified atom stereocenters. The van der Waals surface area contributed by atoms with Crippen LogP contribution in [0.15, 0.2) is 72.9 Å². The highest BCUT2D eigenvalue weighted by Crippen LogP contribution is 2.22. The maximum Gasteiger partial charge on any atom is 0.170 e. The van der Waals surface area contributed by atoms with Crippen molar-refractivity contribution >= 4 is 5.78 Å². The van der Waals surface area contributed by atoms with Crippen LogP contribution in [-0.2, 0) is 11.2 Å². The zero-order chi connectivity index (χ0) is 18.2. The van der Waals surface area contributed by atoms with Crippen molar-refractivity contribution in [1.29, 1.82) is 0 Å². The number of aryl methyl sites for hydroxylation is 1. The Morgan fingerprint density at radius 3 is 2.38 bits per heavy atom. The van der Waals surface area contributed by atoms with Crippen molar-refractivity contribution in [2.45, 2.75) is 12.8 Å². The lowest BCUT2D eigenvalue weighted by molar-refractivity contribution is -0.121. The smallest absolute Gasteiger partial charge is 0.170 e. The van der Waals surface area contributed by atoms with E-state index in [0.717, 1.165) is 16.8 Å². The molecule has 0 amide bonds. The highest BCUT2D eigenvalue weighted by Gasteiger charge is 2.08. The number of ether oxygens (including phenoxy) is 2. The molecule has 4 nitrogen and oxygen atoms in total. The van der Waals surface area contributed by atoms with E-state index in [9.17, 15) is 4.79 Å². The summed E-state index contributed by atoms with van der Waals surface area (Å²) >= 11 is 0. The second-order valence-corrected chi connectivity index (χ2v) is 5.87. The minimum absolute atomic E-state index is 0.0323. The van der Waals surface area contributed by atoms with E-state index in [4.69, 9.17) is 9.47 Å². The summed E-state index contributed by atoms with van der Waals surface area (Å²) in [7, 11) is 1.60. The highest BCUT2D eigenvalue weighted by molar-refractivity contribution is 5.80. The van der Waals surface area contributed by atoms with Crippen LogP contribution in [0.2, 0.25) is 0 Å². The van der Waals surface area contributed by atoms with E-state index in [0.29, 0.717) is 24.3 Å². The molecule has 0 aliphatic carbocycles. The van der Waals surface area contributed by atoms with Crippen molar-refractivity contribution in [2.24, 2.45) is 0 Å². The van der Waals surface area contributed by atoms with Crippen molar-refractivity contribution in [3.63, 3.8) is 0 Å². The molecule has 0 N–H and O–H groups in total. The fraction of sp³-hybridized carbons (Fsp3) is 0.182. The Labute approximate surface area is 153 Å². The van der Waals surface area contributed by atoms with Crippen LogP contribution in [0.4, 0.5) is 0 Å². The van der Waals surface area contributed by atoms with Gasteiger partial charge in [-0.15, -0.1) is 0 Å². The van der Waals surface area contributed by atoms with E-state index >= 15 is 0 Å². The van der Waals surface area contributed by atoms with Crippen LogP contribution in [0.25, 0.3) is 11.1 Å². The summed E-state index contributed by atoms with van der Waals surface area (Å²) in [5, 5.41) is 0. The van der Waals surface area contributed by atoms with Crippen LogP contribution in [0.3, 0.4) is 0 Å². The van der Waals surface area contributed by atoms with Crippen molar-refractivity contribution in [3.8, 4) is 22.6 Å². The number of hydrogen-bond acceptors (Lipinski definition) is 4. The number of pyridine rings is 1. The first-order valence-electron chi connectivity index (χ1n) is 8.54. The van der Waals surface area contributed by atoms with E-state index in [1.54, 1.807) is 13.3 Å². The third-order valence-electron chi connectivity index (χ3n) is 4.07. The van der Waals surface area contributed by atoms with E-state index in [1.807, 2.05) is 54.6 Å². The lowest BCUT2D eigenvalue weighted by atomic mass is 10.1. The summed E-state index contributed by atoms with van der Waals surface area (Å²) in [6, 6.07) is 21.5. The number of methoxy groups -OCH3 is 1. The number of Topliss-reactive ketones (excluding diaryl/α,β-unsaturated/α-hetero) is 1. The number of benzene rings is 2. The summed E-state index contributed by atoms with van der Waals surface area (Å²) < 4.78 is 10.9. The average Bonchev–Trinajstić information content (AvgIpc) is 2.72. The molecule has 0 aliphatic heterocycles. The Kier molecular flexibility index (Phi) is 5.99. The molecule has 4 heteroatoms. The number of hydrogen-bond donors (Lipinski definition) is 0. The molecule has 3 aromatic rings. The molecule has 0 atom stereocenters. The Hall–Kier alpha value is -3.14. The minimum Gasteiger partial charge on any atom is -0.495 e. The molecule has 0 radical (unpaired) electrons. The summed E-state index contributed by atoms with van der Waals surface area (Å²) in [5.74, 6) is 1.43. The minimum atomic E-state index is 0.0323.